The maximum Gasteiger partial charge on any atom is 0.240 e. The summed E-state index contributed by atoms with van der Waals surface area (Å²) in [4.78, 5) is -0.229. The lowest BCUT2D eigenvalue weighted by Gasteiger charge is -2.23. The van der Waals surface area contributed by atoms with E-state index in [1.165, 1.54) is 11.1 Å². The van der Waals surface area contributed by atoms with E-state index in [9.17, 15) is 17.2 Å². The summed E-state index contributed by atoms with van der Waals surface area (Å²) >= 11 is 0. The molecule has 0 spiro atoms. The van der Waals surface area contributed by atoms with Gasteiger partial charge in [0, 0.05) is 6.04 Å². The number of hydrogen-bond donors (Lipinski definition) is 1. The Kier molecular flexibility index (Phi) is 4.12. The first kappa shape index (κ1) is 16.7. The highest BCUT2D eigenvalue weighted by atomic mass is 32.2. The molecule has 2 aliphatic carbocycles. The van der Waals surface area contributed by atoms with Gasteiger partial charge in [0.25, 0.3) is 0 Å². The van der Waals surface area contributed by atoms with Gasteiger partial charge >= 0.3 is 0 Å². The van der Waals surface area contributed by atoms with Gasteiger partial charge < -0.3 is 0 Å². The second-order valence-corrected chi connectivity index (χ2v) is 8.71. The Morgan fingerprint density at radius 3 is 2.04 bits per heavy atom. The van der Waals surface area contributed by atoms with E-state index < -0.39 is 21.7 Å². The molecule has 0 aliphatic heterocycles. The monoisotopic (exact) mass is 363 g/mol. The smallest absolute Gasteiger partial charge is 0.207 e. The summed E-state index contributed by atoms with van der Waals surface area (Å²) in [7, 11) is -3.89. The molecule has 3 nitrogen and oxygen atoms in total. The second kappa shape index (κ2) is 6.18. The van der Waals surface area contributed by atoms with Crippen LogP contribution in [-0.2, 0) is 22.9 Å². The van der Waals surface area contributed by atoms with Gasteiger partial charge in [0.15, 0.2) is 11.6 Å². The first-order valence-electron chi connectivity index (χ1n) is 8.48. The van der Waals surface area contributed by atoms with Crippen molar-refractivity contribution >= 4 is 10.0 Å². The van der Waals surface area contributed by atoms with Gasteiger partial charge in [-0.1, -0.05) is 24.3 Å². The molecule has 0 aromatic heterocycles. The Morgan fingerprint density at radius 2 is 1.48 bits per heavy atom. The number of nitrogens with one attached hydrogen (secondary N) is 1. The molecule has 2 atom stereocenters. The normalized spacial score (nSPS) is 25.4. The molecule has 0 amide bonds. The topological polar surface area (TPSA) is 46.2 Å². The number of rotatable bonds is 3. The minimum absolute atomic E-state index is 0.175. The Balaban J connectivity index is 1.61. The van der Waals surface area contributed by atoms with Gasteiger partial charge in [-0.2, -0.15) is 0 Å². The van der Waals surface area contributed by atoms with Gasteiger partial charge in [0.1, 0.15) is 0 Å². The largest absolute Gasteiger partial charge is 0.240 e. The third-order valence-electron chi connectivity index (χ3n) is 5.50. The van der Waals surface area contributed by atoms with Crippen molar-refractivity contribution in [1.29, 1.82) is 0 Å². The molecule has 2 aromatic carbocycles. The van der Waals surface area contributed by atoms with E-state index in [1.807, 2.05) is 12.1 Å². The second-order valence-electron chi connectivity index (χ2n) is 7.00. The highest BCUT2D eigenvalue weighted by molar-refractivity contribution is 7.89. The standard InChI is InChI=1S/C19H19F2NO2S/c20-17-8-7-16(11-18(17)21)25(23,24)22-19-14-5-6-15(19)10-13-4-2-1-3-12(13)9-14/h1-4,7-8,11,14-15,19,22H,5-6,9-10H2. The molecule has 6 heteroatoms. The quantitative estimate of drug-likeness (QED) is 0.908. The molecule has 1 saturated carbocycles. The minimum Gasteiger partial charge on any atom is -0.207 e. The van der Waals surface area contributed by atoms with Gasteiger partial charge in [-0.15, -0.1) is 0 Å². The fraction of sp³-hybridized carbons (Fsp3) is 0.368. The summed E-state index contributed by atoms with van der Waals surface area (Å²) in [6, 6.07) is 10.8. The zero-order valence-electron chi connectivity index (χ0n) is 13.6. The van der Waals surface area contributed by atoms with E-state index in [-0.39, 0.29) is 22.8 Å². The lowest BCUT2D eigenvalue weighted by Crippen LogP contribution is -2.41. The van der Waals surface area contributed by atoms with Crippen molar-refractivity contribution in [2.75, 3.05) is 0 Å². The Hall–Kier alpha value is -1.79. The van der Waals surface area contributed by atoms with Crippen LogP contribution in [0.2, 0.25) is 0 Å². The lowest BCUT2D eigenvalue weighted by atomic mass is 9.94. The van der Waals surface area contributed by atoms with Gasteiger partial charge in [-0.3, -0.25) is 0 Å². The molecule has 1 fully saturated rings. The Labute approximate surface area is 146 Å². The van der Waals surface area contributed by atoms with Crippen LogP contribution in [0.15, 0.2) is 47.4 Å². The van der Waals surface area contributed by atoms with E-state index in [0.29, 0.717) is 0 Å². The molecule has 4 rings (SSSR count). The van der Waals surface area contributed by atoms with Gasteiger partial charge in [-0.25, -0.2) is 21.9 Å². The third-order valence-corrected chi connectivity index (χ3v) is 6.96. The summed E-state index contributed by atoms with van der Waals surface area (Å²) < 4.78 is 54.6. The van der Waals surface area contributed by atoms with Crippen molar-refractivity contribution < 1.29 is 17.2 Å². The van der Waals surface area contributed by atoms with Crippen LogP contribution in [0, 0.1) is 23.5 Å². The summed E-state index contributed by atoms with van der Waals surface area (Å²) in [6.07, 6.45) is 3.64. The summed E-state index contributed by atoms with van der Waals surface area (Å²) in [6.45, 7) is 0. The molecular weight excluding hydrogens is 344 g/mol. The van der Waals surface area contributed by atoms with Crippen molar-refractivity contribution in [3.05, 3.63) is 65.2 Å². The van der Waals surface area contributed by atoms with Gasteiger partial charge in [0.2, 0.25) is 10.0 Å². The van der Waals surface area contributed by atoms with Crippen LogP contribution < -0.4 is 4.72 Å². The molecule has 0 radical (unpaired) electrons. The van der Waals surface area contributed by atoms with E-state index in [4.69, 9.17) is 0 Å². The molecule has 2 aliphatic rings. The minimum atomic E-state index is -3.89. The lowest BCUT2D eigenvalue weighted by molar-refractivity contribution is 0.386. The summed E-state index contributed by atoms with van der Waals surface area (Å²) in [5.41, 5.74) is 2.57. The molecule has 132 valence electrons. The fourth-order valence-electron chi connectivity index (χ4n) is 4.23. The van der Waals surface area contributed by atoms with E-state index in [0.717, 1.165) is 43.9 Å². The number of hydrogen-bond acceptors (Lipinski definition) is 2. The van der Waals surface area contributed by atoms with Crippen LogP contribution in [-0.4, -0.2) is 14.5 Å². The van der Waals surface area contributed by atoms with Crippen LogP contribution in [0.5, 0.6) is 0 Å². The molecule has 1 N–H and O–H groups in total. The molecule has 2 bridgehead atoms. The average molecular weight is 363 g/mol. The molecule has 2 unspecified atom stereocenters. The van der Waals surface area contributed by atoms with Crippen LogP contribution in [0.4, 0.5) is 8.78 Å². The van der Waals surface area contributed by atoms with Crippen molar-refractivity contribution in [2.24, 2.45) is 11.8 Å². The number of fused-ring (bicyclic) bond motifs is 3. The van der Waals surface area contributed by atoms with Gasteiger partial charge in [0.05, 0.1) is 4.90 Å². The number of sulfonamides is 1. The number of benzene rings is 2. The molecule has 2 aromatic rings. The van der Waals surface area contributed by atoms with E-state index >= 15 is 0 Å². The van der Waals surface area contributed by atoms with Crippen LogP contribution >= 0.6 is 0 Å². The zero-order chi connectivity index (χ0) is 17.6. The fourth-order valence-corrected chi connectivity index (χ4v) is 5.62. The first-order valence-corrected chi connectivity index (χ1v) is 9.96. The molecular formula is C19H19F2NO2S. The highest BCUT2D eigenvalue weighted by Gasteiger charge is 2.41. The average Bonchev–Trinajstić information content (AvgIpc) is 2.84. The van der Waals surface area contributed by atoms with Gasteiger partial charge in [-0.05, 0) is 66.8 Å². The van der Waals surface area contributed by atoms with E-state index in [1.54, 1.807) is 0 Å². The summed E-state index contributed by atoms with van der Waals surface area (Å²) in [5.74, 6) is -1.74. The van der Waals surface area contributed by atoms with Crippen LogP contribution in [0.3, 0.4) is 0 Å². The maximum atomic E-state index is 13.4. The Bertz CT molecular complexity index is 880. The van der Waals surface area contributed by atoms with Crippen LogP contribution in [0.1, 0.15) is 24.0 Å². The van der Waals surface area contributed by atoms with Crippen molar-refractivity contribution in [2.45, 2.75) is 36.6 Å². The van der Waals surface area contributed by atoms with Crippen molar-refractivity contribution in [1.82, 2.24) is 4.72 Å². The van der Waals surface area contributed by atoms with E-state index in [2.05, 4.69) is 16.9 Å². The van der Waals surface area contributed by atoms with Crippen LogP contribution in [0.25, 0.3) is 0 Å². The predicted molar refractivity (Wildman–Crippen MR) is 90.5 cm³/mol. The SMILES string of the molecule is O=S(=O)(NC1C2CCC1Cc1ccccc1C2)c1ccc(F)c(F)c1. The molecule has 0 saturated heterocycles. The molecule has 25 heavy (non-hydrogen) atoms. The van der Waals surface area contributed by atoms with Crippen molar-refractivity contribution in [3.8, 4) is 0 Å². The first-order chi connectivity index (χ1) is 11.9. The summed E-state index contributed by atoms with van der Waals surface area (Å²) in [5, 5.41) is 0. The number of halogens is 2. The predicted octanol–water partition coefficient (Wildman–Crippen LogP) is 3.44. The third kappa shape index (κ3) is 3.09. The van der Waals surface area contributed by atoms with Crippen molar-refractivity contribution in [3.63, 3.8) is 0 Å². The maximum absolute atomic E-state index is 13.4. The zero-order valence-corrected chi connectivity index (χ0v) is 14.4. The highest BCUT2D eigenvalue weighted by Crippen LogP contribution is 2.40. The Morgan fingerprint density at radius 1 is 0.880 bits per heavy atom. The molecule has 0 heterocycles.